The molecule has 34 heavy (non-hydrogen) atoms. The van der Waals surface area contributed by atoms with Crippen molar-refractivity contribution in [2.75, 3.05) is 26.8 Å². The Balaban J connectivity index is 1.92. The van der Waals surface area contributed by atoms with Crippen molar-refractivity contribution in [2.24, 2.45) is 10.5 Å². The van der Waals surface area contributed by atoms with Gasteiger partial charge in [0.1, 0.15) is 12.4 Å². The first kappa shape index (κ1) is 25.8. The first-order valence-electron chi connectivity index (χ1n) is 11.3. The van der Waals surface area contributed by atoms with Crippen molar-refractivity contribution in [1.82, 2.24) is 9.91 Å². The Morgan fingerprint density at radius 1 is 1.18 bits per heavy atom. The zero-order chi connectivity index (χ0) is 24.9. The molecule has 0 aromatic heterocycles. The number of methoxy groups -OCH3 is 1. The molecule has 0 N–H and O–H groups in total. The molecule has 1 aliphatic heterocycles. The van der Waals surface area contributed by atoms with E-state index in [0.717, 1.165) is 0 Å². The molecule has 3 rings (SSSR count). The first-order chi connectivity index (χ1) is 16.1. The summed E-state index contributed by atoms with van der Waals surface area (Å²) in [6, 6.07) is 12.9. The minimum atomic E-state index is -0.637. The highest BCUT2D eigenvalue weighted by atomic mass is 35.5. The van der Waals surface area contributed by atoms with E-state index < -0.39 is 17.8 Å². The van der Waals surface area contributed by atoms with Gasteiger partial charge in [-0.25, -0.2) is 9.40 Å². The average molecular weight is 488 g/mol. The Hall–Kier alpha value is -2.77. The molecule has 8 heteroatoms. The van der Waals surface area contributed by atoms with Gasteiger partial charge in [-0.05, 0) is 17.5 Å². The van der Waals surface area contributed by atoms with Crippen molar-refractivity contribution in [3.63, 3.8) is 0 Å². The van der Waals surface area contributed by atoms with Crippen LogP contribution in [0.3, 0.4) is 0 Å². The van der Waals surface area contributed by atoms with Crippen LogP contribution in [0.2, 0.25) is 5.02 Å². The van der Waals surface area contributed by atoms with Crippen molar-refractivity contribution in [2.45, 2.75) is 39.7 Å². The lowest BCUT2D eigenvalue weighted by Crippen LogP contribution is -2.43. The first-order valence-corrected chi connectivity index (χ1v) is 11.6. The van der Waals surface area contributed by atoms with Gasteiger partial charge in [-0.1, -0.05) is 68.8 Å². The van der Waals surface area contributed by atoms with Gasteiger partial charge in [-0.2, -0.15) is 5.10 Å². The van der Waals surface area contributed by atoms with E-state index in [0.29, 0.717) is 34.9 Å². The maximum absolute atomic E-state index is 14.7. The van der Waals surface area contributed by atoms with Crippen molar-refractivity contribution in [3.05, 3.63) is 70.5 Å². The van der Waals surface area contributed by atoms with Crippen LogP contribution in [-0.4, -0.2) is 54.2 Å². The third kappa shape index (κ3) is 6.42. The fourth-order valence-electron chi connectivity index (χ4n) is 3.88. The Morgan fingerprint density at radius 2 is 1.85 bits per heavy atom. The summed E-state index contributed by atoms with van der Waals surface area (Å²) in [5.41, 5.74) is 1.42. The quantitative estimate of drug-likeness (QED) is 0.522. The van der Waals surface area contributed by atoms with Gasteiger partial charge in [-0.15, -0.1) is 0 Å². The maximum atomic E-state index is 14.7. The van der Waals surface area contributed by atoms with E-state index in [9.17, 15) is 14.0 Å². The molecule has 2 aromatic rings. The van der Waals surface area contributed by atoms with Crippen LogP contribution in [-0.2, 0) is 14.3 Å². The van der Waals surface area contributed by atoms with Gasteiger partial charge in [0.25, 0.3) is 5.91 Å². The molecule has 0 saturated heterocycles. The number of carbonyl (C=O) groups excluding carboxylic acids is 2. The molecule has 1 aliphatic rings. The van der Waals surface area contributed by atoms with Gasteiger partial charge in [0.05, 0.1) is 18.4 Å². The second kappa shape index (κ2) is 11.1. The molecule has 0 saturated carbocycles. The molecular weight excluding hydrogens is 457 g/mol. The predicted octanol–water partition coefficient (Wildman–Crippen LogP) is 5.07. The van der Waals surface area contributed by atoms with Crippen LogP contribution in [0.5, 0.6) is 0 Å². The number of ether oxygens (including phenoxy) is 1. The third-order valence-electron chi connectivity index (χ3n) is 5.54. The van der Waals surface area contributed by atoms with Gasteiger partial charge >= 0.3 is 0 Å². The summed E-state index contributed by atoms with van der Waals surface area (Å²) in [7, 11) is 1.54. The normalized spacial score (nSPS) is 15.9. The lowest BCUT2D eigenvalue weighted by atomic mass is 9.91. The molecule has 1 atom stereocenters. The van der Waals surface area contributed by atoms with Crippen molar-refractivity contribution in [1.29, 1.82) is 0 Å². The lowest BCUT2D eigenvalue weighted by molar-refractivity contribution is -0.143. The summed E-state index contributed by atoms with van der Waals surface area (Å²) in [6.07, 6.45) is 0.597. The highest BCUT2D eigenvalue weighted by molar-refractivity contribution is 6.34. The summed E-state index contributed by atoms with van der Waals surface area (Å²) < 4.78 is 19.9. The fourth-order valence-corrected chi connectivity index (χ4v) is 4.13. The zero-order valence-electron chi connectivity index (χ0n) is 20.1. The summed E-state index contributed by atoms with van der Waals surface area (Å²) in [5, 5.41) is 6.36. The molecule has 6 nitrogen and oxygen atoms in total. The number of hydrogen-bond donors (Lipinski definition) is 0. The maximum Gasteiger partial charge on any atom is 0.262 e. The van der Waals surface area contributed by atoms with E-state index in [1.165, 1.54) is 16.0 Å². The van der Waals surface area contributed by atoms with Gasteiger partial charge in [0.15, 0.2) is 0 Å². The smallest absolute Gasteiger partial charge is 0.262 e. The molecule has 2 amide bonds. The number of nitrogens with zero attached hydrogens (tertiary/aromatic N) is 3. The van der Waals surface area contributed by atoms with Crippen LogP contribution in [0.25, 0.3) is 0 Å². The van der Waals surface area contributed by atoms with Crippen LogP contribution in [0.4, 0.5) is 4.39 Å². The van der Waals surface area contributed by atoms with E-state index >= 15 is 0 Å². The number of halogens is 2. The standard InChI is InChI=1S/C26H31ClFN3O3/c1-26(2,3)16-24(32)30(13-14-34-4)17-25(33)31-23(19-10-6-8-12-21(19)28)15-22(29-31)18-9-5-7-11-20(18)27/h5-12,23H,13-17H2,1-4H3/t23-/m0/s1. The number of benzene rings is 2. The highest BCUT2D eigenvalue weighted by Crippen LogP contribution is 2.35. The minimum Gasteiger partial charge on any atom is -0.383 e. The van der Waals surface area contributed by atoms with E-state index in [1.54, 1.807) is 31.4 Å². The van der Waals surface area contributed by atoms with Crippen LogP contribution < -0.4 is 0 Å². The summed E-state index contributed by atoms with van der Waals surface area (Å²) in [4.78, 5) is 27.9. The number of hydrazone groups is 1. The highest BCUT2D eigenvalue weighted by Gasteiger charge is 2.36. The second-order valence-electron chi connectivity index (χ2n) is 9.55. The van der Waals surface area contributed by atoms with Crippen molar-refractivity contribution >= 4 is 29.1 Å². The number of amides is 2. The van der Waals surface area contributed by atoms with Crippen LogP contribution in [0.15, 0.2) is 53.6 Å². The van der Waals surface area contributed by atoms with Gasteiger partial charge < -0.3 is 9.64 Å². The molecule has 0 fully saturated rings. The van der Waals surface area contributed by atoms with E-state index in [1.807, 2.05) is 39.0 Å². The predicted molar refractivity (Wildman–Crippen MR) is 131 cm³/mol. The topological polar surface area (TPSA) is 62.2 Å². The SMILES string of the molecule is COCCN(CC(=O)N1N=C(c2ccccc2Cl)C[C@H]1c1ccccc1F)C(=O)CC(C)(C)C. The van der Waals surface area contributed by atoms with Crippen LogP contribution in [0, 0.1) is 11.2 Å². The van der Waals surface area contributed by atoms with Crippen LogP contribution in [0.1, 0.15) is 50.8 Å². The number of rotatable bonds is 8. The monoisotopic (exact) mass is 487 g/mol. The molecule has 2 aromatic carbocycles. The van der Waals surface area contributed by atoms with E-state index in [2.05, 4.69) is 5.10 Å². The zero-order valence-corrected chi connectivity index (χ0v) is 20.8. The Bertz CT molecular complexity index is 1070. The van der Waals surface area contributed by atoms with Crippen molar-refractivity contribution < 1.29 is 18.7 Å². The molecule has 182 valence electrons. The molecule has 0 spiro atoms. The molecule has 0 bridgehead atoms. The van der Waals surface area contributed by atoms with Crippen molar-refractivity contribution in [3.8, 4) is 0 Å². The van der Waals surface area contributed by atoms with Gasteiger partial charge in [-0.3, -0.25) is 9.59 Å². The van der Waals surface area contributed by atoms with Gasteiger partial charge in [0, 0.05) is 42.6 Å². The third-order valence-corrected chi connectivity index (χ3v) is 5.87. The Kier molecular flexibility index (Phi) is 8.44. The number of carbonyl (C=O) groups is 2. The summed E-state index contributed by atoms with van der Waals surface area (Å²) in [6.45, 7) is 6.30. The molecule has 0 unspecified atom stereocenters. The van der Waals surface area contributed by atoms with E-state index in [-0.39, 0.29) is 30.8 Å². The number of hydrogen-bond acceptors (Lipinski definition) is 4. The largest absolute Gasteiger partial charge is 0.383 e. The lowest BCUT2D eigenvalue weighted by Gasteiger charge is -2.29. The molecule has 0 aliphatic carbocycles. The minimum absolute atomic E-state index is 0.144. The fraction of sp³-hybridized carbons (Fsp3) is 0.423. The Labute approximate surface area is 205 Å². The molecule has 0 radical (unpaired) electrons. The average Bonchev–Trinajstić information content (AvgIpc) is 3.21. The Morgan fingerprint density at radius 3 is 2.50 bits per heavy atom. The molecule has 1 heterocycles. The molecular formula is C26H31ClFN3O3. The summed E-state index contributed by atoms with van der Waals surface area (Å²) in [5.74, 6) is -0.954. The second-order valence-corrected chi connectivity index (χ2v) is 9.96. The van der Waals surface area contributed by atoms with Crippen LogP contribution >= 0.6 is 11.6 Å². The van der Waals surface area contributed by atoms with E-state index in [4.69, 9.17) is 16.3 Å². The van der Waals surface area contributed by atoms with Gasteiger partial charge in [0.2, 0.25) is 5.91 Å². The summed E-state index contributed by atoms with van der Waals surface area (Å²) >= 11 is 6.38.